The van der Waals surface area contributed by atoms with Gasteiger partial charge in [-0.3, -0.25) is 9.11 Å². The highest BCUT2D eigenvalue weighted by molar-refractivity contribution is 7.81. The van der Waals surface area contributed by atoms with Crippen LogP contribution in [-0.4, -0.2) is 38.7 Å². The Kier molecular flexibility index (Phi) is 6.82. The van der Waals surface area contributed by atoms with Crippen molar-refractivity contribution < 1.29 is 39.0 Å². The molecule has 11 nitrogen and oxygen atoms in total. The molecule has 0 aliphatic carbocycles. The van der Waals surface area contributed by atoms with Crippen molar-refractivity contribution in [3.8, 4) is 5.75 Å². The summed E-state index contributed by atoms with van der Waals surface area (Å²) in [6.07, 6.45) is -2.98. The summed E-state index contributed by atoms with van der Waals surface area (Å²) in [6, 6.07) is 11.9. The maximum Gasteiger partial charge on any atom is 0.397 e. The maximum absolute atomic E-state index is 11.2. The Bertz CT molecular complexity index is 991. The molecule has 0 saturated carbocycles. The van der Waals surface area contributed by atoms with Gasteiger partial charge in [0.25, 0.3) is 0 Å². The van der Waals surface area contributed by atoms with Crippen LogP contribution in [-0.2, 0) is 29.2 Å². The number of nitrogen functional groups attached to an aromatic ring is 2. The molecule has 0 amide bonds. The van der Waals surface area contributed by atoms with Crippen LogP contribution < -0.4 is 16.2 Å². The number of benzene rings is 2. The Labute approximate surface area is 161 Å². The van der Waals surface area contributed by atoms with E-state index in [0.29, 0.717) is 16.9 Å². The van der Waals surface area contributed by atoms with E-state index in [1.165, 1.54) is 48.5 Å². The quantitative estimate of drug-likeness (QED) is 0.325. The molecular weight excluding hydrogens is 416 g/mol. The summed E-state index contributed by atoms with van der Waals surface area (Å²) < 4.78 is 76.5. The normalized spacial score (nSPS) is 14.4. The molecule has 6 N–H and O–H groups in total. The minimum atomic E-state index is -5.03. The van der Waals surface area contributed by atoms with E-state index in [-0.39, 0.29) is 5.75 Å². The highest BCUT2D eigenvalue weighted by Gasteiger charge is 2.32. The molecule has 0 heterocycles. The third kappa shape index (κ3) is 7.30. The monoisotopic (exact) mass is 434 g/mol. The highest BCUT2D eigenvalue weighted by atomic mass is 32.3. The second kappa shape index (κ2) is 8.72. The lowest BCUT2D eigenvalue weighted by Gasteiger charge is -2.26. The van der Waals surface area contributed by atoms with Crippen molar-refractivity contribution in [2.45, 2.75) is 12.2 Å². The van der Waals surface area contributed by atoms with Crippen LogP contribution in [0.2, 0.25) is 0 Å². The lowest BCUT2D eigenvalue weighted by Crippen LogP contribution is -2.34. The van der Waals surface area contributed by atoms with E-state index in [9.17, 15) is 16.8 Å². The number of hydrogen-bond donors (Lipinski definition) is 4. The van der Waals surface area contributed by atoms with E-state index in [0.717, 1.165) is 0 Å². The number of hydrogen-bond acceptors (Lipinski definition) is 9. The largest absolute Gasteiger partial charge is 0.483 e. The van der Waals surface area contributed by atoms with Crippen molar-refractivity contribution in [2.24, 2.45) is 0 Å². The summed E-state index contributed by atoms with van der Waals surface area (Å²) in [7, 11) is -9.96. The maximum atomic E-state index is 11.2. The summed E-state index contributed by atoms with van der Waals surface area (Å²) in [5.41, 5.74) is 12.4. The predicted molar refractivity (Wildman–Crippen MR) is 99.0 cm³/mol. The first kappa shape index (κ1) is 21.9. The molecule has 0 aliphatic rings. The predicted octanol–water partition coefficient (Wildman–Crippen LogP) is 0.979. The van der Waals surface area contributed by atoms with Gasteiger partial charge < -0.3 is 16.2 Å². The minimum Gasteiger partial charge on any atom is -0.483 e. The standard InChI is InChI=1S/C15H18N2O9S2/c16-11-3-1-10(2-4-11)15(25-13-7-5-12(17)6-8-13)14(26-28(21,22)23)9-24-27(18,19)20/h1-8,14-15H,9,16-17H2,(H,18,19,20)(H,21,22,23). The second-order valence-corrected chi connectivity index (χ2v) is 7.69. The first-order chi connectivity index (χ1) is 12.9. The molecule has 0 radical (unpaired) electrons. The Hall–Kier alpha value is -2.42. The molecule has 0 aliphatic heterocycles. The summed E-state index contributed by atoms with van der Waals surface area (Å²) in [4.78, 5) is 0. The average Bonchev–Trinajstić information content (AvgIpc) is 2.57. The van der Waals surface area contributed by atoms with Gasteiger partial charge in [0.05, 0.1) is 0 Å². The van der Waals surface area contributed by atoms with Crippen LogP contribution in [0.25, 0.3) is 0 Å². The minimum absolute atomic E-state index is 0.229. The van der Waals surface area contributed by atoms with Crippen LogP contribution in [0.5, 0.6) is 5.75 Å². The van der Waals surface area contributed by atoms with Crippen LogP contribution in [0.3, 0.4) is 0 Å². The summed E-state index contributed by atoms with van der Waals surface area (Å²) in [6.45, 7) is -0.983. The first-order valence-electron chi connectivity index (χ1n) is 7.58. The van der Waals surface area contributed by atoms with Gasteiger partial charge in [-0.05, 0) is 42.0 Å². The Morgan fingerprint density at radius 1 is 0.821 bits per heavy atom. The van der Waals surface area contributed by atoms with Crippen LogP contribution in [0.4, 0.5) is 11.4 Å². The van der Waals surface area contributed by atoms with Gasteiger partial charge in [-0.1, -0.05) is 12.1 Å². The van der Waals surface area contributed by atoms with E-state index < -0.39 is 39.6 Å². The zero-order chi connectivity index (χ0) is 20.9. The van der Waals surface area contributed by atoms with Crippen molar-refractivity contribution >= 4 is 32.2 Å². The van der Waals surface area contributed by atoms with Gasteiger partial charge in [0.2, 0.25) is 0 Å². The fourth-order valence-corrected chi connectivity index (χ4v) is 2.99. The summed E-state index contributed by atoms with van der Waals surface area (Å²) >= 11 is 0. The van der Waals surface area contributed by atoms with E-state index in [2.05, 4.69) is 8.37 Å². The smallest absolute Gasteiger partial charge is 0.397 e. The SMILES string of the molecule is Nc1ccc(OC(c2ccc(N)cc2)C(COS(=O)(=O)O)OS(=O)(=O)O)cc1. The van der Waals surface area contributed by atoms with Crippen molar-refractivity contribution in [1.29, 1.82) is 0 Å². The van der Waals surface area contributed by atoms with Crippen molar-refractivity contribution in [2.75, 3.05) is 18.1 Å². The lowest BCUT2D eigenvalue weighted by molar-refractivity contribution is 0.0175. The molecule has 154 valence electrons. The van der Waals surface area contributed by atoms with E-state index >= 15 is 0 Å². The van der Waals surface area contributed by atoms with Crippen LogP contribution in [0, 0.1) is 0 Å². The topological polar surface area (TPSA) is 188 Å². The Balaban J connectivity index is 2.43. The van der Waals surface area contributed by atoms with Crippen LogP contribution >= 0.6 is 0 Å². The van der Waals surface area contributed by atoms with Gasteiger partial charge in [0, 0.05) is 11.4 Å². The Morgan fingerprint density at radius 3 is 1.79 bits per heavy atom. The van der Waals surface area contributed by atoms with E-state index in [1.807, 2.05) is 0 Å². The molecule has 2 aromatic carbocycles. The van der Waals surface area contributed by atoms with Gasteiger partial charge in [-0.25, -0.2) is 8.37 Å². The summed E-state index contributed by atoms with van der Waals surface area (Å²) in [5, 5.41) is 0. The van der Waals surface area contributed by atoms with Gasteiger partial charge in [0.15, 0.2) is 6.10 Å². The molecule has 2 unspecified atom stereocenters. The van der Waals surface area contributed by atoms with Crippen molar-refractivity contribution in [3.63, 3.8) is 0 Å². The molecule has 2 aromatic rings. The third-order valence-corrected chi connectivity index (χ3v) is 4.30. The molecule has 0 fully saturated rings. The van der Waals surface area contributed by atoms with Crippen LogP contribution in [0.1, 0.15) is 11.7 Å². The molecule has 0 aromatic heterocycles. The van der Waals surface area contributed by atoms with Gasteiger partial charge in [0.1, 0.15) is 18.5 Å². The number of anilines is 2. The first-order valence-corrected chi connectivity index (χ1v) is 10.3. The summed E-state index contributed by atoms with van der Waals surface area (Å²) in [5.74, 6) is 0.229. The van der Waals surface area contributed by atoms with E-state index in [4.69, 9.17) is 25.3 Å². The highest BCUT2D eigenvalue weighted by Crippen LogP contribution is 2.29. The van der Waals surface area contributed by atoms with Gasteiger partial charge in [-0.2, -0.15) is 16.8 Å². The fraction of sp³-hybridized carbons (Fsp3) is 0.200. The lowest BCUT2D eigenvalue weighted by atomic mass is 10.0. The number of rotatable bonds is 9. The molecule has 0 spiro atoms. The molecule has 2 rings (SSSR count). The zero-order valence-corrected chi connectivity index (χ0v) is 15.8. The molecule has 13 heteroatoms. The molecular formula is C15H18N2O9S2. The van der Waals surface area contributed by atoms with E-state index in [1.54, 1.807) is 0 Å². The molecule has 2 atom stereocenters. The van der Waals surface area contributed by atoms with Crippen LogP contribution in [0.15, 0.2) is 48.5 Å². The van der Waals surface area contributed by atoms with Gasteiger partial charge >= 0.3 is 20.8 Å². The third-order valence-electron chi connectivity index (χ3n) is 3.37. The van der Waals surface area contributed by atoms with Gasteiger partial charge in [-0.15, -0.1) is 0 Å². The van der Waals surface area contributed by atoms with Crippen molar-refractivity contribution in [1.82, 2.24) is 0 Å². The molecule has 28 heavy (non-hydrogen) atoms. The number of nitrogens with two attached hydrogens (primary N) is 2. The molecule has 0 saturated heterocycles. The fourth-order valence-electron chi connectivity index (χ4n) is 2.21. The average molecular weight is 434 g/mol. The molecule has 0 bridgehead atoms. The zero-order valence-electron chi connectivity index (χ0n) is 14.2. The Morgan fingerprint density at radius 2 is 1.32 bits per heavy atom. The number of ether oxygens (including phenoxy) is 1. The van der Waals surface area contributed by atoms with Crippen molar-refractivity contribution in [3.05, 3.63) is 54.1 Å². The second-order valence-electron chi connectivity index (χ2n) is 5.55.